The number of aryl methyl sites for hydroxylation is 1. The van der Waals surface area contributed by atoms with Crippen molar-refractivity contribution in [1.29, 1.82) is 0 Å². The Kier molecular flexibility index (Phi) is 3.82. The first-order valence-corrected chi connectivity index (χ1v) is 8.54. The molecule has 6 heteroatoms. The van der Waals surface area contributed by atoms with Crippen molar-refractivity contribution in [2.75, 3.05) is 5.32 Å². The predicted molar refractivity (Wildman–Crippen MR) is 100 cm³/mol. The fourth-order valence-corrected chi connectivity index (χ4v) is 2.99. The predicted octanol–water partition coefficient (Wildman–Crippen LogP) is 6.06. The summed E-state index contributed by atoms with van der Waals surface area (Å²) in [7, 11) is 0. The normalized spacial score (nSPS) is 11.1. The van der Waals surface area contributed by atoms with Crippen molar-refractivity contribution in [2.24, 2.45) is 0 Å². The molecule has 4 rings (SSSR count). The summed E-state index contributed by atoms with van der Waals surface area (Å²) < 4.78 is 8.40. The molecule has 0 spiro atoms. The lowest BCUT2D eigenvalue weighted by Gasteiger charge is -2.08. The van der Waals surface area contributed by atoms with Crippen LogP contribution in [0.25, 0.3) is 17.1 Å². The quantitative estimate of drug-likeness (QED) is 0.453. The molecule has 0 bridgehead atoms. The van der Waals surface area contributed by atoms with Gasteiger partial charge in [-0.25, -0.2) is 4.98 Å². The summed E-state index contributed by atoms with van der Waals surface area (Å²) in [6.07, 6.45) is 2.04. The molecule has 0 atom stereocenters. The van der Waals surface area contributed by atoms with Crippen molar-refractivity contribution >= 4 is 44.7 Å². The van der Waals surface area contributed by atoms with Crippen LogP contribution in [0, 0.1) is 6.92 Å². The molecule has 0 amide bonds. The number of imidazole rings is 1. The molecule has 0 radical (unpaired) electrons. The molecule has 4 aromatic rings. The highest BCUT2D eigenvalue weighted by Crippen LogP contribution is 2.33. The first-order chi connectivity index (χ1) is 11.6. The van der Waals surface area contributed by atoms with Gasteiger partial charge in [-0.15, -0.1) is 0 Å². The van der Waals surface area contributed by atoms with E-state index < -0.39 is 0 Å². The van der Waals surface area contributed by atoms with Gasteiger partial charge in [0.25, 0.3) is 0 Å². The average Bonchev–Trinajstić information content (AvgIpc) is 3.14. The van der Waals surface area contributed by atoms with Crippen LogP contribution in [0.2, 0.25) is 5.02 Å². The molecule has 0 aliphatic rings. The zero-order valence-corrected chi connectivity index (χ0v) is 15.1. The summed E-state index contributed by atoms with van der Waals surface area (Å²) in [5, 5.41) is 4.12. The minimum atomic E-state index is 0.670. The molecule has 4 nitrogen and oxygen atoms in total. The highest BCUT2D eigenvalue weighted by Gasteiger charge is 2.17. The van der Waals surface area contributed by atoms with Gasteiger partial charge < -0.3 is 9.73 Å². The van der Waals surface area contributed by atoms with Gasteiger partial charge in [0.15, 0.2) is 10.4 Å². The number of pyridine rings is 1. The molecule has 24 heavy (non-hydrogen) atoms. The standard InChI is InChI=1S/C18H13BrClN3O/c1-11-2-9-16-22-17(14-7-8-15(19)24-14)18(23(16)10-11)21-13-5-3-12(20)4-6-13/h2-10,21H,1H3. The summed E-state index contributed by atoms with van der Waals surface area (Å²) in [5.41, 5.74) is 3.67. The molecule has 3 aromatic heterocycles. The van der Waals surface area contributed by atoms with E-state index in [1.807, 2.05) is 59.1 Å². The van der Waals surface area contributed by atoms with Crippen LogP contribution in [-0.2, 0) is 0 Å². The minimum absolute atomic E-state index is 0.670. The first-order valence-electron chi connectivity index (χ1n) is 7.37. The Bertz CT molecular complexity index is 1020. The molecule has 1 N–H and O–H groups in total. The fraction of sp³-hybridized carbons (Fsp3) is 0.0556. The monoisotopic (exact) mass is 401 g/mol. The van der Waals surface area contributed by atoms with Crippen molar-refractivity contribution < 1.29 is 4.42 Å². The van der Waals surface area contributed by atoms with Gasteiger partial charge in [-0.05, 0) is 70.9 Å². The minimum Gasteiger partial charge on any atom is -0.448 e. The summed E-state index contributed by atoms with van der Waals surface area (Å²) in [6, 6.07) is 15.3. The number of furan rings is 1. The Morgan fingerprint density at radius 2 is 1.88 bits per heavy atom. The van der Waals surface area contributed by atoms with E-state index in [1.165, 1.54) is 0 Å². The largest absolute Gasteiger partial charge is 0.448 e. The van der Waals surface area contributed by atoms with Crippen LogP contribution in [0.15, 0.2) is 63.8 Å². The van der Waals surface area contributed by atoms with Crippen molar-refractivity contribution in [3.05, 3.63) is 70.0 Å². The molecule has 0 saturated heterocycles. The summed E-state index contributed by atoms with van der Waals surface area (Å²) >= 11 is 9.32. The molecular weight excluding hydrogens is 390 g/mol. The van der Waals surface area contributed by atoms with Crippen molar-refractivity contribution in [3.8, 4) is 11.5 Å². The van der Waals surface area contributed by atoms with E-state index >= 15 is 0 Å². The van der Waals surface area contributed by atoms with Crippen LogP contribution in [0.4, 0.5) is 11.5 Å². The highest BCUT2D eigenvalue weighted by molar-refractivity contribution is 9.10. The molecule has 0 aliphatic heterocycles. The van der Waals surface area contributed by atoms with E-state index in [0.717, 1.165) is 28.4 Å². The van der Waals surface area contributed by atoms with Gasteiger partial charge in [0.05, 0.1) is 0 Å². The Hall–Kier alpha value is -2.24. The lowest BCUT2D eigenvalue weighted by Crippen LogP contribution is -1.97. The van der Waals surface area contributed by atoms with E-state index in [2.05, 4.69) is 28.2 Å². The van der Waals surface area contributed by atoms with E-state index in [1.54, 1.807) is 0 Å². The maximum atomic E-state index is 5.97. The number of hydrogen-bond acceptors (Lipinski definition) is 3. The smallest absolute Gasteiger partial charge is 0.169 e. The summed E-state index contributed by atoms with van der Waals surface area (Å²) in [5.74, 6) is 1.54. The van der Waals surface area contributed by atoms with Gasteiger partial charge >= 0.3 is 0 Å². The third kappa shape index (κ3) is 2.81. The molecule has 0 saturated carbocycles. The van der Waals surface area contributed by atoms with Gasteiger partial charge in [0, 0.05) is 16.9 Å². The second-order valence-corrected chi connectivity index (χ2v) is 6.70. The van der Waals surface area contributed by atoms with E-state index in [0.29, 0.717) is 15.5 Å². The maximum absolute atomic E-state index is 5.97. The molecule has 120 valence electrons. The SMILES string of the molecule is Cc1ccc2nc(-c3ccc(Br)o3)c(Nc3ccc(Cl)cc3)n2c1. The van der Waals surface area contributed by atoms with Crippen LogP contribution in [0.1, 0.15) is 5.56 Å². The Morgan fingerprint density at radius 3 is 2.58 bits per heavy atom. The fourth-order valence-electron chi connectivity index (χ4n) is 2.55. The van der Waals surface area contributed by atoms with E-state index in [4.69, 9.17) is 21.0 Å². The van der Waals surface area contributed by atoms with Crippen molar-refractivity contribution in [2.45, 2.75) is 6.92 Å². The third-order valence-electron chi connectivity index (χ3n) is 3.68. The van der Waals surface area contributed by atoms with E-state index in [-0.39, 0.29) is 0 Å². The molecule has 1 aromatic carbocycles. The first kappa shape index (κ1) is 15.3. The Morgan fingerprint density at radius 1 is 1.08 bits per heavy atom. The number of hydrogen-bond donors (Lipinski definition) is 1. The van der Waals surface area contributed by atoms with Gasteiger partial charge in [0.2, 0.25) is 0 Å². The van der Waals surface area contributed by atoms with Crippen molar-refractivity contribution in [3.63, 3.8) is 0 Å². The van der Waals surface area contributed by atoms with Gasteiger partial charge in [0.1, 0.15) is 17.2 Å². The number of benzene rings is 1. The lowest BCUT2D eigenvalue weighted by atomic mass is 10.3. The average molecular weight is 403 g/mol. The second-order valence-electron chi connectivity index (χ2n) is 5.48. The molecule has 0 fully saturated rings. The van der Waals surface area contributed by atoms with Crippen LogP contribution >= 0.6 is 27.5 Å². The second kappa shape index (κ2) is 6.00. The Labute approximate surface area is 152 Å². The zero-order valence-electron chi connectivity index (χ0n) is 12.8. The zero-order chi connectivity index (χ0) is 16.7. The van der Waals surface area contributed by atoms with Gasteiger partial charge in [-0.2, -0.15) is 0 Å². The van der Waals surface area contributed by atoms with Crippen LogP contribution < -0.4 is 5.32 Å². The van der Waals surface area contributed by atoms with Crippen LogP contribution in [0.5, 0.6) is 0 Å². The number of fused-ring (bicyclic) bond motifs is 1. The number of anilines is 2. The number of aromatic nitrogens is 2. The molecule has 3 heterocycles. The number of rotatable bonds is 3. The number of nitrogens with one attached hydrogen (secondary N) is 1. The summed E-state index contributed by atoms with van der Waals surface area (Å²) in [6.45, 7) is 2.05. The maximum Gasteiger partial charge on any atom is 0.169 e. The van der Waals surface area contributed by atoms with Gasteiger partial charge in [-0.1, -0.05) is 17.7 Å². The molecule has 0 unspecified atom stereocenters. The number of nitrogens with zero attached hydrogens (tertiary/aromatic N) is 2. The highest BCUT2D eigenvalue weighted by atomic mass is 79.9. The molecular formula is C18H13BrClN3O. The van der Waals surface area contributed by atoms with Crippen LogP contribution in [-0.4, -0.2) is 9.38 Å². The third-order valence-corrected chi connectivity index (χ3v) is 4.36. The van der Waals surface area contributed by atoms with Crippen LogP contribution in [0.3, 0.4) is 0 Å². The van der Waals surface area contributed by atoms with Gasteiger partial charge in [-0.3, -0.25) is 4.40 Å². The van der Waals surface area contributed by atoms with E-state index in [9.17, 15) is 0 Å². The number of halogens is 2. The Balaban J connectivity index is 1.89. The topological polar surface area (TPSA) is 42.5 Å². The lowest BCUT2D eigenvalue weighted by molar-refractivity contribution is 0.554. The molecule has 0 aliphatic carbocycles. The summed E-state index contributed by atoms with van der Waals surface area (Å²) in [4.78, 5) is 4.71. The van der Waals surface area contributed by atoms with Crippen molar-refractivity contribution in [1.82, 2.24) is 9.38 Å².